The van der Waals surface area contributed by atoms with Gasteiger partial charge in [0.25, 0.3) is 5.91 Å². The summed E-state index contributed by atoms with van der Waals surface area (Å²) in [4.78, 5) is 11.3. The van der Waals surface area contributed by atoms with E-state index in [4.69, 9.17) is 5.73 Å². The maximum absolute atomic E-state index is 11.3. The number of benzene rings is 1. The average molecular weight is 242 g/mol. The second-order valence-electron chi connectivity index (χ2n) is 3.53. The lowest BCUT2D eigenvalue weighted by molar-refractivity contribution is -0.120. The molecule has 0 aliphatic heterocycles. The maximum Gasteiger partial charge on any atom is 0.250 e. The first-order chi connectivity index (χ1) is 7.38. The van der Waals surface area contributed by atoms with Crippen LogP contribution < -0.4 is 10.5 Å². The minimum atomic E-state index is -3.54. The van der Waals surface area contributed by atoms with Crippen LogP contribution in [0.2, 0.25) is 0 Å². The van der Waals surface area contributed by atoms with Crippen LogP contribution in [0.5, 0.6) is 0 Å². The summed E-state index contributed by atoms with van der Waals surface area (Å²) in [6.45, 7) is 0. The third-order valence-corrected chi connectivity index (χ3v) is 2.49. The van der Waals surface area contributed by atoms with E-state index in [1.165, 1.54) is 0 Å². The first-order valence-corrected chi connectivity index (χ1v) is 6.59. The van der Waals surface area contributed by atoms with E-state index in [9.17, 15) is 13.2 Å². The Labute approximate surface area is 94.7 Å². The van der Waals surface area contributed by atoms with Crippen LogP contribution in [0, 0.1) is 0 Å². The van der Waals surface area contributed by atoms with Crippen molar-refractivity contribution in [3.8, 4) is 0 Å². The molecule has 0 bridgehead atoms. The molecule has 1 amide bonds. The monoisotopic (exact) mass is 242 g/mol. The fourth-order valence-corrected chi connectivity index (χ4v) is 1.74. The van der Waals surface area contributed by atoms with E-state index in [0.717, 1.165) is 11.8 Å². The van der Waals surface area contributed by atoms with Crippen molar-refractivity contribution in [3.05, 3.63) is 35.9 Å². The molecule has 3 N–H and O–H groups in total. The van der Waals surface area contributed by atoms with Crippen molar-refractivity contribution in [1.29, 1.82) is 0 Å². The lowest BCUT2D eigenvalue weighted by Gasteiger charge is -2.10. The Bertz CT molecular complexity index is 456. The summed E-state index contributed by atoms with van der Waals surface area (Å²) in [6.07, 6.45) is 1.22. The Morgan fingerprint density at radius 1 is 1.38 bits per heavy atom. The normalized spacial score (nSPS) is 13.1. The van der Waals surface area contributed by atoms with Crippen LogP contribution in [0.25, 0.3) is 0 Å². The summed E-state index contributed by atoms with van der Waals surface area (Å²) in [5, 5.41) is 0. The Morgan fingerprint density at radius 2 is 1.94 bits per heavy atom. The van der Waals surface area contributed by atoms with Gasteiger partial charge < -0.3 is 5.73 Å². The van der Waals surface area contributed by atoms with Crippen molar-refractivity contribution in [1.82, 2.24) is 4.72 Å². The summed E-state index contributed by atoms with van der Waals surface area (Å²) >= 11 is 0. The third-order valence-electron chi connectivity index (χ3n) is 1.92. The minimum absolute atomic E-state index is 0.308. The molecule has 0 radical (unpaired) electrons. The number of hydrogen-bond acceptors (Lipinski definition) is 4. The van der Waals surface area contributed by atoms with Crippen LogP contribution >= 0.6 is 0 Å². The van der Waals surface area contributed by atoms with Crippen LogP contribution in [0.3, 0.4) is 0 Å². The van der Waals surface area contributed by atoms with Crippen molar-refractivity contribution in [2.75, 3.05) is 6.26 Å². The van der Waals surface area contributed by atoms with Crippen LogP contribution in [0.1, 0.15) is 5.56 Å². The summed E-state index contributed by atoms with van der Waals surface area (Å²) in [6, 6.07) is 8.30. The molecule has 1 aromatic rings. The zero-order valence-corrected chi connectivity index (χ0v) is 9.70. The first kappa shape index (κ1) is 12.7. The van der Waals surface area contributed by atoms with Gasteiger partial charge in [-0.3, -0.25) is 9.52 Å². The van der Waals surface area contributed by atoms with Crippen LogP contribution in [0.4, 0.5) is 0 Å². The van der Waals surface area contributed by atoms with Crippen LogP contribution in [-0.4, -0.2) is 26.6 Å². The molecule has 0 aliphatic carbocycles. The lowest BCUT2D eigenvalue weighted by atomic mass is 10.1. The molecular formula is C10H14N2O3S. The molecule has 16 heavy (non-hydrogen) atoms. The zero-order chi connectivity index (χ0) is 12.2. The zero-order valence-electron chi connectivity index (χ0n) is 8.88. The molecule has 6 heteroatoms. The number of carbonyl (C=O) groups is 1. The molecule has 0 aliphatic rings. The second-order valence-corrected chi connectivity index (χ2v) is 5.28. The second kappa shape index (κ2) is 5.09. The van der Waals surface area contributed by atoms with Gasteiger partial charge in [-0.05, 0) is 12.0 Å². The Balaban J connectivity index is 2.60. The molecule has 1 rings (SSSR count). The number of nitrogens with one attached hydrogen (secondary N) is 1. The molecule has 1 atom stereocenters. The van der Waals surface area contributed by atoms with E-state index in [-0.39, 0.29) is 0 Å². The Hall–Kier alpha value is -1.40. The first-order valence-electron chi connectivity index (χ1n) is 4.69. The van der Waals surface area contributed by atoms with Gasteiger partial charge in [0.05, 0.1) is 12.3 Å². The standard InChI is InChI=1S/C10H14N2O3S/c1-16(14,15)12-10(13)9(11)7-8-5-3-2-4-6-8/h2-6,9H,7,11H2,1H3,(H,12,13)/t9-/m0/s1. The molecule has 0 aromatic heterocycles. The topological polar surface area (TPSA) is 89.3 Å². The van der Waals surface area contributed by atoms with E-state index in [0.29, 0.717) is 6.42 Å². The van der Waals surface area contributed by atoms with E-state index in [2.05, 4.69) is 0 Å². The summed E-state index contributed by atoms with van der Waals surface area (Å²) in [5.74, 6) is -0.689. The number of rotatable bonds is 4. The minimum Gasteiger partial charge on any atom is -0.320 e. The van der Waals surface area contributed by atoms with Gasteiger partial charge in [0.15, 0.2) is 0 Å². The SMILES string of the molecule is CS(=O)(=O)NC(=O)[C@@H](N)Cc1ccccc1. The van der Waals surface area contributed by atoms with E-state index in [1.807, 2.05) is 35.1 Å². The molecule has 1 aromatic carbocycles. The van der Waals surface area contributed by atoms with E-state index >= 15 is 0 Å². The van der Waals surface area contributed by atoms with Gasteiger partial charge in [0.1, 0.15) is 0 Å². The van der Waals surface area contributed by atoms with Crippen molar-refractivity contribution in [2.24, 2.45) is 5.73 Å². The number of carbonyl (C=O) groups excluding carboxylic acids is 1. The number of hydrogen-bond donors (Lipinski definition) is 2. The molecule has 0 heterocycles. The highest BCUT2D eigenvalue weighted by Crippen LogP contribution is 2.01. The molecule has 88 valence electrons. The summed E-state index contributed by atoms with van der Waals surface area (Å²) in [5.41, 5.74) is 6.47. The number of sulfonamides is 1. The molecule has 0 saturated carbocycles. The van der Waals surface area contributed by atoms with Crippen molar-refractivity contribution in [2.45, 2.75) is 12.5 Å². The molecule has 5 nitrogen and oxygen atoms in total. The smallest absolute Gasteiger partial charge is 0.250 e. The highest BCUT2D eigenvalue weighted by molar-refractivity contribution is 7.89. The number of amides is 1. The highest BCUT2D eigenvalue weighted by Gasteiger charge is 2.17. The van der Waals surface area contributed by atoms with Gasteiger partial charge in [0, 0.05) is 0 Å². The fraction of sp³-hybridized carbons (Fsp3) is 0.300. The van der Waals surface area contributed by atoms with Gasteiger partial charge in [-0.25, -0.2) is 8.42 Å². The van der Waals surface area contributed by atoms with Crippen molar-refractivity contribution < 1.29 is 13.2 Å². The Kier molecular flexibility index (Phi) is 4.03. The average Bonchev–Trinajstić information content (AvgIpc) is 2.16. The summed E-state index contributed by atoms with van der Waals surface area (Å²) < 4.78 is 23.5. The summed E-state index contributed by atoms with van der Waals surface area (Å²) in [7, 11) is -3.54. The predicted octanol–water partition coefficient (Wildman–Crippen LogP) is -0.368. The lowest BCUT2D eigenvalue weighted by Crippen LogP contribution is -2.44. The third kappa shape index (κ3) is 4.41. The molecule has 0 spiro atoms. The van der Waals surface area contributed by atoms with Crippen molar-refractivity contribution in [3.63, 3.8) is 0 Å². The predicted molar refractivity (Wildman–Crippen MR) is 61.1 cm³/mol. The van der Waals surface area contributed by atoms with Crippen LogP contribution in [0.15, 0.2) is 30.3 Å². The van der Waals surface area contributed by atoms with Crippen molar-refractivity contribution >= 4 is 15.9 Å². The van der Waals surface area contributed by atoms with Crippen LogP contribution in [-0.2, 0) is 21.2 Å². The van der Waals surface area contributed by atoms with Gasteiger partial charge in [0.2, 0.25) is 10.0 Å². The quantitative estimate of drug-likeness (QED) is 0.754. The highest BCUT2D eigenvalue weighted by atomic mass is 32.2. The van der Waals surface area contributed by atoms with Gasteiger partial charge >= 0.3 is 0 Å². The largest absolute Gasteiger partial charge is 0.320 e. The maximum atomic E-state index is 11.3. The molecule has 0 unspecified atom stereocenters. The van der Waals surface area contributed by atoms with E-state index < -0.39 is 22.0 Å². The number of nitrogens with two attached hydrogens (primary N) is 1. The fourth-order valence-electron chi connectivity index (χ4n) is 1.22. The molecule has 0 fully saturated rings. The molecular weight excluding hydrogens is 228 g/mol. The van der Waals surface area contributed by atoms with Gasteiger partial charge in [-0.2, -0.15) is 0 Å². The Morgan fingerprint density at radius 3 is 2.44 bits per heavy atom. The van der Waals surface area contributed by atoms with Gasteiger partial charge in [-0.15, -0.1) is 0 Å². The molecule has 0 saturated heterocycles. The van der Waals surface area contributed by atoms with E-state index in [1.54, 1.807) is 0 Å². The van der Waals surface area contributed by atoms with Gasteiger partial charge in [-0.1, -0.05) is 30.3 Å².